The summed E-state index contributed by atoms with van der Waals surface area (Å²) in [6.07, 6.45) is 0.206. The van der Waals surface area contributed by atoms with Crippen molar-refractivity contribution in [3.63, 3.8) is 0 Å². The molecule has 0 heterocycles. The molecule has 0 fully saturated rings. The fourth-order valence-corrected chi connectivity index (χ4v) is 2.56. The second-order valence-corrected chi connectivity index (χ2v) is 6.26. The number of benzene rings is 2. The normalized spacial score (nSPS) is 10.7. The van der Waals surface area contributed by atoms with Gasteiger partial charge in [-0.15, -0.1) is 0 Å². The summed E-state index contributed by atoms with van der Waals surface area (Å²) >= 11 is 0. The molecule has 0 spiro atoms. The molecule has 0 saturated heterocycles. The Labute approximate surface area is 156 Å². The third-order valence-corrected chi connectivity index (χ3v) is 4.10. The Morgan fingerprint density at radius 3 is 2.67 bits per heavy atom. The molecule has 0 aliphatic heterocycles. The number of nitrogens with zero attached hydrogens (tertiary/aromatic N) is 2. The van der Waals surface area contributed by atoms with E-state index in [1.807, 2.05) is 11.9 Å². The van der Waals surface area contributed by atoms with E-state index >= 15 is 0 Å². The second kappa shape index (κ2) is 9.09. The zero-order chi connectivity index (χ0) is 20.0. The largest absolute Gasteiger partial charge is 0.494 e. The molecular weight excluding hydrogens is 353 g/mol. The number of non-ortho nitro benzene ring substituents is 1. The number of carbonyl (C=O) groups excluding carboxylic acids is 1. The van der Waals surface area contributed by atoms with Crippen LogP contribution >= 0.6 is 0 Å². The molecule has 7 nitrogen and oxygen atoms in total. The van der Waals surface area contributed by atoms with Gasteiger partial charge in [-0.25, -0.2) is 4.39 Å². The van der Waals surface area contributed by atoms with E-state index in [4.69, 9.17) is 4.74 Å². The van der Waals surface area contributed by atoms with Crippen LogP contribution in [-0.4, -0.2) is 36.4 Å². The Morgan fingerprint density at radius 2 is 2.04 bits per heavy atom. The number of anilines is 1. The van der Waals surface area contributed by atoms with E-state index in [-0.39, 0.29) is 23.8 Å². The van der Waals surface area contributed by atoms with E-state index in [2.05, 4.69) is 5.32 Å². The number of nitro benzene ring substituents is 1. The lowest BCUT2D eigenvalue weighted by Gasteiger charge is -2.17. The lowest BCUT2D eigenvalue weighted by molar-refractivity contribution is -0.384. The molecule has 27 heavy (non-hydrogen) atoms. The first-order chi connectivity index (χ1) is 12.8. The molecule has 0 aliphatic carbocycles. The number of rotatable bonds is 8. The van der Waals surface area contributed by atoms with Crippen molar-refractivity contribution >= 4 is 17.3 Å². The monoisotopic (exact) mass is 375 g/mol. The molecule has 8 heteroatoms. The number of nitro groups is 1. The van der Waals surface area contributed by atoms with Crippen LogP contribution in [0.5, 0.6) is 5.75 Å². The van der Waals surface area contributed by atoms with E-state index in [0.717, 1.165) is 11.1 Å². The number of carbonyl (C=O) groups is 1. The molecule has 0 unspecified atom stereocenters. The van der Waals surface area contributed by atoms with Crippen molar-refractivity contribution in [2.24, 2.45) is 0 Å². The smallest absolute Gasteiger partial charge is 0.271 e. The zero-order valence-corrected chi connectivity index (χ0v) is 15.5. The van der Waals surface area contributed by atoms with Gasteiger partial charge in [0.15, 0.2) is 11.6 Å². The van der Waals surface area contributed by atoms with Crippen LogP contribution in [0.2, 0.25) is 0 Å². The molecule has 0 bridgehead atoms. The minimum Gasteiger partial charge on any atom is -0.494 e. The maximum atomic E-state index is 13.7. The predicted molar refractivity (Wildman–Crippen MR) is 100 cm³/mol. The van der Waals surface area contributed by atoms with Crippen molar-refractivity contribution < 1.29 is 18.8 Å². The van der Waals surface area contributed by atoms with E-state index < -0.39 is 10.7 Å². The van der Waals surface area contributed by atoms with Gasteiger partial charge >= 0.3 is 0 Å². The van der Waals surface area contributed by atoms with Gasteiger partial charge in [0.05, 0.1) is 17.7 Å². The Balaban J connectivity index is 1.89. The van der Waals surface area contributed by atoms with Crippen LogP contribution in [0.15, 0.2) is 36.4 Å². The van der Waals surface area contributed by atoms with Crippen LogP contribution in [0.1, 0.15) is 17.5 Å². The molecule has 2 rings (SSSR count). The first kappa shape index (κ1) is 20.3. The molecule has 2 aromatic carbocycles. The number of amides is 1. The third-order valence-electron chi connectivity index (χ3n) is 4.10. The highest BCUT2D eigenvalue weighted by molar-refractivity contribution is 5.92. The maximum Gasteiger partial charge on any atom is 0.271 e. The van der Waals surface area contributed by atoms with Crippen molar-refractivity contribution in [3.8, 4) is 5.75 Å². The average Bonchev–Trinajstić information content (AvgIpc) is 2.62. The standard InChI is InChI=1S/C19H22FN3O4/c1-13-4-6-15(23(25)26)11-17(13)21-19(24)8-9-22(2)12-14-5-7-18(27-3)16(20)10-14/h4-7,10-11H,8-9,12H2,1-3H3,(H,21,24). The van der Waals surface area contributed by atoms with Crippen LogP contribution in [0.4, 0.5) is 15.8 Å². The van der Waals surface area contributed by atoms with E-state index in [1.165, 1.54) is 25.3 Å². The molecule has 0 radical (unpaired) electrons. The van der Waals surface area contributed by atoms with Crippen LogP contribution in [0, 0.1) is 22.9 Å². The van der Waals surface area contributed by atoms with E-state index in [0.29, 0.717) is 18.8 Å². The summed E-state index contributed by atoms with van der Waals surface area (Å²) in [5, 5.41) is 13.6. The number of ether oxygens (including phenoxy) is 1. The van der Waals surface area contributed by atoms with Crippen molar-refractivity contribution in [1.82, 2.24) is 4.90 Å². The van der Waals surface area contributed by atoms with Gasteiger partial charge in [0.1, 0.15) is 0 Å². The summed E-state index contributed by atoms with van der Waals surface area (Å²) in [6.45, 7) is 2.70. The molecular formula is C19H22FN3O4. The van der Waals surface area contributed by atoms with Gasteiger partial charge in [-0.1, -0.05) is 12.1 Å². The van der Waals surface area contributed by atoms with Crippen LogP contribution < -0.4 is 10.1 Å². The summed E-state index contributed by atoms with van der Waals surface area (Å²) in [5.41, 5.74) is 1.87. The Morgan fingerprint density at radius 1 is 1.30 bits per heavy atom. The number of halogens is 1. The SMILES string of the molecule is COc1ccc(CN(C)CCC(=O)Nc2cc([N+](=O)[O-])ccc2C)cc1F. The highest BCUT2D eigenvalue weighted by Crippen LogP contribution is 2.22. The zero-order valence-electron chi connectivity index (χ0n) is 15.5. The van der Waals surface area contributed by atoms with Gasteiger partial charge in [0, 0.05) is 31.6 Å². The van der Waals surface area contributed by atoms with E-state index in [1.54, 1.807) is 25.1 Å². The Hall–Kier alpha value is -3.00. The summed E-state index contributed by atoms with van der Waals surface area (Å²) in [7, 11) is 3.24. The molecule has 0 aromatic heterocycles. The van der Waals surface area contributed by atoms with Crippen molar-refractivity contribution in [2.45, 2.75) is 19.9 Å². The van der Waals surface area contributed by atoms with Crippen molar-refractivity contribution in [1.29, 1.82) is 0 Å². The van der Waals surface area contributed by atoms with Crippen LogP contribution in [-0.2, 0) is 11.3 Å². The van der Waals surface area contributed by atoms with Gasteiger partial charge in [-0.2, -0.15) is 0 Å². The number of methoxy groups -OCH3 is 1. The topological polar surface area (TPSA) is 84.7 Å². The van der Waals surface area contributed by atoms with Crippen LogP contribution in [0.3, 0.4) is 0 Å². The molecule has 0 aliphatic rings. The fraction of sp³-hybridized carbons (Fsp3) is 0.316. The van der Waals surface area contributed by atoms with Gasteiger partial charge in [-0.3, -0.25) is 14.9 Å². The summed E-state index contributed by atoms with van der Waals surface area (Å²) < 4.78 is 18.6. The molecule has 2 aromatic rings. The van der Waals surface area contributed by atoms with Crippen molar-refractivity contribution in [3.05, 3.63) is 63.5 Å². The van der Waals surface area contributed by atoms with Crippen LogP contribution in [0.25, 0.3) is 0 Å². The quantitative estimate of drug-likeness (QED) is 0.564. The average molecular weight is 375 g/mol. The summed E-state index contributed by atoms with van der Waals surface area (Å²) in [4.78, 5) is 24.4. The summed E-state index contributed by atoms with van der Waals surface area (Å²) in [5.74, 6) is -0.484. The molecule has 1 amide bonds. The minimum absolute atomic E-state index is 0.0745. The summed E-state index contributed by atoms with van der Waals surface area (Å²) in [6, 6.07) is 9.07. The molecule has 0 saturated carbocycles. The highest BCUT2D eigenvalue weighted by atomic mass is 19.1. The molecule has 0 atom stereocenters. The number of hydrogen-bond acceptors (Lipinski definition) is 5. The van der Waals surface area contributed by atoms with Gasteiger partial charge in [0.25, 0.3) is 5.69 Å². The molecule has 144 valence electrons. The minimum atomic E-state index is -0.503. The second-order valence-electron chi connectivity index (χ2n) is 6.26. The predicted octanol–water partition coefficient (Wildman–Crippen LogP) is 3.51. The van der Waals surface area contributed by atoms with Gasteiger partial charge in [-0.05, 0) is 37.2 Å². The lowest BCUT2D eigenvalue weighted by atomic mass is 10.1. The number of nitrogens with one attached hydrogen (secondary N) is 1. The van der Waals surface area contributed by atoms with Gasteiger partial charge < -0.3 is 15.0 Å². The molecule has 1 N–H and O–H groups in total. The fourth-order valence-electron chi connectivity index (χ4n) is 2.56. The number of hydrogen-bond donors (Lipinski definition) is 1. The lowest BCUT2D eigenvalue weighted by Crippen LogP contribution is -2.24. The first-order valence-corrected chi connectivity index (χ1v) is 8.36. The first-order valence-electron chi connectivity index (χ1n) is 8.36. The van der Waals surface area contributed by atoms with E-state index in [9.17, 15) is 19.3 Å². The maximum absolute atomic E-state index is 13.7. The van der Waals surface area contributed by atoms with Crippen molar-refractivity contribution in [2.75, 3.05) is 26.0 Å². The third kappa shape index (κ3) is 5.75. The number of aryl methyl sites for hydroxylation is 1. The Kier molecular flexibility index (Phi) is 6.84. The highest BCUT2D eigenvalue weighted by Gasteiger charge is 2.12. The van der Waals surface area contributed by atoms with Gasteiger partial charge in [0.2, 0.25) is 5.91 Å². The Bertz CT molecular complexity index is 842.